The average Bonchev–Trinajstić information content (AvgIpc) is 2.13. The predicted octanol–water partition coefficient (Wildman–Crippen LogP) is 2.17. The topological polar surface area (TPSA) is 29.3 Å². The second-order valence-electron chi connectivity index (χ2n) is 4.25. The Labute approximate surface area is 90.9 Å². The highest BCUT2D eigenvalue weighted by Gasteiger charge is 2.15. The quantitative estimate of drug-likeness (QED) is 0.825. The van der Waals surface area contributed by atoms with E-state index in [1.165, 1.54) is 6.07 Å². The Morgan fingerprint density at radius 1 is 1.40 bits per heavy atom. The van der Waals surface area contributed by atoms with Crippen LogP contribution in [-0.2, 0) is 0 Å². The number of benzene rings is 1. The summed E-state index contributed by atoms with van der Waals surface area (Å²) in [6.07, 6.45) is 0.830. The molecule has 0 saturated carbocycles. The highest BCUT2D eigenvalue weighted by Crippen LogP contribution is 2.23. The van der Waals surface area contributed by atoms with Gasteiger partial charge in [0.1, 0.15) is 5.82 Å². The Hall–Kier alpha value is -0.930. The predicted molar refractivity (Wildman–Crippen MR) is 61.1 cm³/mol. The maximum atomic E-state index is 13.1. The average molecular weight is 210 g/mol. The molecule has 0 aliphatic rings. The second kappa shape index (κ2) is 5.24. The van der Waals surface area contributed by atoms with Crippen molar-refractivity contribution in [3.8, 4) is 0 Å². The van der Waals surface area contributed by atoms with Gasteiger partial charge in [0.15, 0.2) is 0 Å². The van der Waals surface area contributed by atoms with Crippen molar-refractivity contribution in [1.82, 2.24) is 4.90 Å². The van der Waals surface area contributed by atoms with Gasteiger partial charge < -0.3 is 10.6 Å². The van der Waals surface area contributed by atoms with Crippen LogP contribution in [0.4, 0.5) is 4.39 Å². The van der Waals surface area contributed by atoms with Gasteiger partial charge in [-0.3, -0.25) is 0 Å². The fraction of sp³-hybridized carbons (Fsp3) is 0.500. The van der Waals surface area contributed by atoms with Gasteiger partial charge in [0, 0.05) is 12.1 Å². The fourth-order valence-corrected chi connectivity index (χ4v) is 1.71. The van der Waals surface area contributed by atoms with E-state index in [4.69, 9.17) is 5.73 Å². The van der Waals surface area contributed by atoms with E-state index in [1.807, 2.05) is 27.1 Å². The maximum absolute atomic E-state index is 13.1. The molecule has 1 rings (SSSR count). The Balaban J connectivity index is 2.88. The van der Waals surface area contributed by atoms with Crippen LogP contribution >= 0.6 is 0 Å². The number of nitrogens with two attached hydrogens (primary N) is 1. The van der Waals surface area contributed by atoms with E-state index in [2.05, 4.69) is 4.90 Å². The van der Waals surface area contributed by atoms with E-state index in [0.29, 0.717) is 0 Å². The number of halogens is 1. The molecule has 3 heteroatoms. The SMILES string of the molecule is CC(N)CC(c1cccc(F)c1)N(C)C. The van der Waals surface area contributed by atoms with Crippen molar-refractivity contribution >= 4 is 0 Å². The summed E-state index contributed by atoms with van der Waals surface area (Å²) in [5.74, 6) is -0.191. The third-order valence-electron chi connectivity index (χ3n) is 2.45. The lowest BCUT2D eigenvalue weighted by Gasteiger charge is -2.26. The van der Waals surface area contributed by atoms with E-state index in [1.54, 1.807) is 12.1 Å². The minimum atomic E-state index is -0.191. The van der Waals surface area contributed by atoms with Gasteiger partial charge in [-0.25, -0.2) is 4.39 Å². The molecule has 1 aromatic rings. The lowest BCUT2D eigenvalue weighted by molar-refractivity contribution is 0.272. The molecular weight excluding hydrogens is 191 g/mol. The lowest BCUT2D eigenvalue weighted by Crippen LogP contribution is -2.27. The molecule has 15 heavy (non-hydrogen) atoms. The van der Waals surface area contributed by atoms with Gasteiger partial charge in [0.05, 0.1) is 0 Å². The summed E-state index contributed by atoms with van der Waals surface area (Å²) >= 11 is 0. The fourth-order valence-electron chi connectivity index (χ4n) is 1.71. The molecule has 0 saturated heterocycles. The van der Waals surface area contributed by atoms with E-state index in [-0.39, 0.29) is 17.9 Å². The third-order valence-corrected chi connectivity index (χ3v) is 2.45. The minimum Gasteiger partial charge on any atom is -0.328 e. The third kappa shape index (κ3) is 3.61. The summed E-state index contributed by atoms with van der Waals surface area (Å²) in [6, 6.07) is 7.01. The Morgan fingerprint density at radius 3 is 2.53 bits per heavy atom. The first-order chi connectivity index (χ1) is 7.00. The summed E-state index contributed by atoms with van der Waals surface area (Å²) in [7, 11) is 3.97. The zero-order chi connectivity index (χ0) is 11.4. The summed E-state index contributed by atoms with van der Waals surface area (Å²) in [6.45, 7) is 1.97. The van der Waals surface area contributed by atoms with Crippen molar-refractivity contribution in [3.05, 3.63) is 35.6 Å². The normalized spacial score (nSPS) is 15.3. The van der Waals surface area contributed by atoms with Gasteiger partial charge in [-0.05, 0) is 45.1 Å². The molecule has 2 nitrogen and oxygen atoms in total. The molecule has 0 aromatic heterocycles. The van der Waals surface area contributed by atoms with Crippen LogP contribution in [0.15, 0.2) is 24.3 Å². The molecule has 0 spiro atoms. The highest BCUT2D eigenvalue weighted by molar-refractivity contribution is 5.20. The second-order valence-corrected chi connectivity index (χ2v) is 4.25. The van der Waals surface area contributed by atoms with Crippen LogP contribution in [0.25, 0.3) is 0 Å². The molecule has 0 heterocycles. The summed E-state index contributed by atoms with van der Waals surface area (Å²) in [5, 5.41) is 0. The van der Waals surface area contributed by atoms with E-state index < -0.39 is 0 Å². The smallest absolute Gasteiger partial charge is 0.123 e. The molecular formula is C12H19FN2. The van der Waals surface area contributed by atoms with Crippen molar-refractivity contribution in [2.24, 2.45) is 5.73 Å². The van der Waals surface area contributed by atoms with Crippen LogP contribution < -0.4 is 5.73 Å². The van der Waals surface area contributed by atoms with Crippen LogP contribution in [0, 0.1) is 5.82 Å². The van der Waals surface area contributed by atoms with Gasteiger partial charge in [-0.2, -0.15) is 0 Å². The molecule has 0 aliphatic heterocycles. The first-order valence-electron chi connectivity index (χ1n) is 5.18. The molecule has 1 aromatic carbocycles. The lowest BCUT2D eigenvalue weighted by atomic mass is 9.99. The van der Waals surface area contributed by atoms with Gasteiger partial charge >= 0.3 is 0 Å². The Morgan fingerprint density at radius 2 is 2.07 bits per heavy atom. The summed E-state index contributed by atoms with van der Waals surface area (Å²) < 4.78 is 13.1. The number of nitrogens with zero attached hydrogens (tertiary/aromatic N) is 1. The number of hydrogen-bond donors (Lipinski definition) is 1. The minimum absolute atomic E-state index is 0.112. The zero-order valence-electron chi connectivity index (χ0n) is 9.57. The Kier molecular flexibility index (Phi) is 4.24. The van der Waals surface area contributed by atoms with E-state index in [9.17, 15) is 4.39 Å². The molecule has 2 N–H and O–H groups in total. The molecule has 0 radical (unpaired) electrons. The molecule has 0 bridgehead atoms. The molecule has 84 valence electrons. The zero-order valence-corrected chi connectivity index (χ0v) is 9.57. The van der Waals surface area contributed by atoms with Crippen molar-refractivity contribution in [2.75, 3.05) is 14.1 Å². The summed E-state index contributed by atoms with van der Waals surface area (Å²) in [5.41, 5.74) is 6.77. The first kappa shape index (κ1) is 12.1. The van der Waals surface area contributed by atoms with Crippen molar-refractivity contribution in [1.29, 1.82) is 0 Å². The van der Waals surface area contributed by atoms with Gasteiger partial charge in [0.2, 0.25) is 0 Å². The van der Waals surface area contributed by atoms with Crippen molar-refractivity contribution in [2.45, 2.75) is 25.4 Å². The highest BCUT2D eigenvalue weighted by atomic mass is 19.1. The number of rotatable bonds is 4. The molecule has 0 fully saturated rings. The Bertz CT molecular complexity index is 310. The van der Waals surface area contributed by atoms with Crippen LogP contribution in [0.2, 0.25) is 0 Å². The summed E-state index contributed by atoms with van der Waals surface area (Å²) in [4.78, 5) is 2.07. The molecule has 2 unspecified atom stereocenters. The van der Waals surface area contributed by atoms with Gasteiger partial charge in [-0.1, -0.05) is 12.1 Å². The number of hydrogen-bond acceptors (Lipinski definition) is 2. The molecule has 2 atom stereocenters. The molecule has 0 aliphatic carbocycles. The van der Waals surface area contributed by atoms with Crippen LogP contribution in [0.3, 0.4) is 0 Å². The maximum Gasteiger partial charge on any atom is 0.123 e. The van der Waals surface area contributed by atoms with Crippen molar-refractivity contribution in [3.63, 3.8) is 0 Å². The van der Waals surface area contributed by atoms with Crippen LogP contribution in [0.1, 0.15) is 24.9 Å². The van der Waals surface area contributed by atoms with E-state index in [0.717, 1.165) is 12.0 Å². The standard InChI is InChI=1S/C12H19FN2/c1-9(14)7-12(15(2)3)10-5-4-6-11(13)8-10/h4-6,8-9,12H,7,14H2,1-3H3. The van der Waals surface area contributed by atoms with E-state index >= 15 is 0 Å². The largest absolute Gasteiger partial charge is 0.328 e. The van der Waals surface area contributed by atoms with Gasteiger partial charge in [0.25, 0.3) is 0 Å². The van der Waals surface area contributed by atoms with Crippen LogP contribution in [0.5, 0.6) is 0 Å². The monoisotopic (exact) mass is 210 g/mol. The first-order valence-corrected chi connectivity index (χ1v) is 5.18. The molecule has 0 amide bonds. The van der Waals surface area contributed by atoms with Crippen molar-refractivity contribution < 1.29 is 4.39 Å². The van der Waals surface area contributed by atoms with Gasteiger partial charge in [-0.15, -0.1) is 0 Å². The van der Waals surface area contributed by atoms with Crippen LogP contribution in [-0.4, -0.2) is 25.0 Å².